The molecule has 0 bridgehead atoms. The van der Waals surface area contributed by atoms with Crippen molar-refractivity contribution in [2.24, 2.45) is 10.7 Å². The predicted molar refractivity (Wildman–Crippen MR) is 69.5 cm³/mol. The second kappa shape index (κ2) is 6.26. The van der Waals surface area contributed by atoms with Crippen molar-refractivity contribution < 1.29 is 0 Å². The molecular weight excluding hydrogens is 206 g/mol. The average molecular weight is 229 g/mol. The molecular formula is C11H23N3S. The Bertz CT molecular complexity index is 210. The predicted octanol–water partition coefficient (Wildman–Crippen LogP) is 1.98. The van der Waals surface area contributed by atoms with Crippen molar-refractivity contribution in [3.63, 3.8) is 0 Å². The van der Waals surface area contributed by atoms with Gasteiger partial charge in [-0.25, -0.2) is 0 Å². The molecule has 0 amide bonds. The first kappa shape index (κ1) is 12.7. The number of nitrogens with zero attached hydrogens (tertiary/aromatic N) is 1. The molecule has 0 spiro atoms. The molecule has 3 N–H and O–H groups in total. The van der Waals surface area contributed by atoms with E-state index in [0.717, 1.165) is 13.1 Å². The summed E-state index contributed by atoms with van der Waals surface area (Å²) in [5.74, 6) is 0.594. The lowest BCUT2D eigenvalue weighted by atomic mass is 9.88. The van der Waals surface area contributed by atoms with E-state index in [1.807, 2.05) is 18.7 Å². The van der Waals surface area contributed by atoms with Crippen molar-refractivity contribution in [2.45, 2.75) is 43.8 Å². The first-order valence-electron chi connectivity index (χ1n) is 5.81. The van der Waals surface area contributed by atoms with E-state index >= 15 is 0 Å². The van der Waals surface area contributed by atoms with Gasteiger partial charge in [0.1, 0.15) is 0 Å². The van der Waals surface area contributed by atoms with E-state index in [1.54, 1.807) is 0 Å². The largest absolute Gasteiger partial charge is 0.370 e. The van der Waals surface area contributed by atoms with Gasteiger partial charge in [-0.05, 0) is 26.0 Å². The summed E-state index contributed by atoms with van der Waals surface area (Å²) in [6.07, 6.45) is 8.85. The number of guanidine groups is 1. The van der Waals surface area contributed by atoms with Crippen molar-refractivity contribution in [3.8, 4) is 0 Å². The van der Waals surface area contributed by atoms with Crippen LogP contribution in [0, 0.1) is 0 Å². The third-order valence-electron chi connectivity index (χ3n) is 3.09. The summed E-state index contributed by atoms with van der Waals surface area (Å²) in [5.41, 5.74) is 5.74. The molecule has 1 aliphatic rings. The highest BCUT2D eigenvalue weighted by atomic mass is 32.2. The van der Waals surface area contributed by atoms with Gasteiger partial charge in [0.05, 0.1) is 6.54 Å². The van der Waals surface area contributed by atoms with E-state index in [0.29, 0.717) is 10.7 Å². The minimum Gasteiger partial charge on any atom is -0.370 e. The van der Waals surface area contributed by atoms with Crippen LogP contribution < -0.4 is 11.1 Å². The standard InChI is InChI=1S/C11H23N3S/c1-3-13-10(12)14-9-11(15-2)7-5-4-6-8-11/h3-9H2,1-2H3,(H3,12,13,14). The summed E-state index contributed by atoms with van der Waals surface area (Å²) in [4.78, 5) is 4.44. The zero-order chi connectivity index (χ0) is 11.1. The Hall–Kier alpha value is -0.380. The van der Waals surface area contributed by atoms with E-state index in [4.69, 9.17) is 5.73 Å². The molecule has 0 aromatic heterocycles. The van der Waals surface area contributed by atoms with Crippen molar-refractivity contribution in [1.82, 2.24) is 5.32 Å². The second-order valence-electron chi connectivity index (χ2n) is 4.18. The molecule has 1 fully saturated rings. The van der Waals surface area contributed by atoms with E-state index in [9.17, 15) is 0 Å². The molecule has 0 saturated heterocycles. The van der Waals surface area contributed by atoms with Crippen LogP contribution in [0.1, 0.15) is 39.0 Å². The molecule has 0 aromatic rings. The Morgan fingerprint density at radius 1 is 1.40 bits per heavy atom. The van der Waals surface area contributed by atoms with Crippen LogP contribution in [0.4, 0.5) is 0 Å². The van der Waals surface area contributed by atoms with Crippen LogP contribution in [-0.2, 0) is 0 Å². The van der Waals surface area contributed by atoms with Gasteiger partial charge in [-0.2, -0.15) is 11.8 Å². The third-order valence-corrected chi connectivity index (χ3v) is 4.50. The van der Waals surface area contributed by atoms with E-state index < -0.39 is 0 Å². The van der Waals surface area contributed by atoms with Gasteiger partial charge in [0.25, 0.3) is 0 Å². The van der Waals surface area contributed by atoms with Gasteiger partial charge in [-0.15, -0.1) is 0 Å². The number of thioether (sulfide) groups is 1. The SMILES string of the molecule is CCNC(N)=NCC1(SC)CCCCC1. The monoisotopic (exact) mass is 229 g/mol. The van der Waals surface area contributed by atoms with E-state index in [-0.39, 0.29) is 0 Å². The van der Waals surface area contributed by atoms with Gasteiger partial charge in [0.2, 0.25) is 0 Å². The number of nitrogens with one attached hydrogen (secondary N) is 1. The zero-order valence-electron chi connectivity index (χ0n) is 9.88. The summed E-state index contributed by atoms with van der Waals surface area (Å²) in [6.45, 7) is 3.75. The molecule has 1 rings (SSSR count). The molecule has 0 unspecified atom stereocenters. The summed E-state index contributed by atoms with van der Waals surface area (Å²) >= 11 is 1.96. The summed E-state index contributed by atoms with van der Waals surface area (Å²) < 4.78 is 0.359. The Labute approximate surface area is 97.3 Å². The van der Waals surface area contributed by atoms with Gasteiger partial charge in [-0.3, -0.25) is 4.99 Å². The topological polar surface area (TPSA) is 50.4 Å². The lowest BCUT2D eigenvalue weighted by Gasteiger charge is -2.34. The first-order valence-corrected chi connectivity index (χ1v) is 7.04. The molecule has 15 heavy (non-hydrogen) atoms. The minimum atomic E-state index is 0.359. The molecule has 0 aliphatic heterocycles. The van der Waals surface area contributed by atoms with E-state index in [2.05, 4.69) is 16.6 Å². The molecule has 3 nitrogen and oxygen atoms in total. The Balaban J connectivity index is 2.48. The van der Waals surface area contributed by atoms with Crippen LogP contribution >= 0.6 is 11.8 Å². The lowest BCUT2D eigenvalue weighted by molar-refractivity contribution is 0.405. The number of rotatable bonds is 4. The van der Waals surface area contributed by atoms with Crippen LogP contribution in [0.5, 0.6) is 0 Å². The summed E-state index contributed by atoms with van der Waals surface area (Å²) in [7, 11) is 0. The van der Waals surface area contributed by atoms with E-state index in [1.165, 1.54) is 32.1 Å². The van der Waals surface area contributed by atoms with Gasteiger partial charge < -0.3 is 11.1 Å². The highest BCUT2D eigenvalue weighted by Gasteiger charge is 2.30. The molecule has 0 atom stereocenters. The van der Waals surface area contributed by atoms with Crippen LogP contribution in [0.15, 0.2) is 4.99 Å². The molecule has 0 radical (unpaired) electrons. The van der Waals surface area contributed by atoms with Gasteiger partial charge in [-0.1, -0.05) is 19.3 Å². The highest BCUT2D eigenvalue weighted by Crippen LogP contribution is 2.38. The van der Waals surface area contributed by atoms with Crippen LogP contribution in [-0.4, -0.2) is 30.1 Å². The van der Waals surface area contributed by atoms with Gasteiger partial charge >= 0.3 is 0 Å². The molecule has 1 aliphatic carbocycles. The molecule has 4 heteroatoms. The first-order chi connectivity index (χ1) is 7.22. The molecule has 0 heterocycles. The van der Waals surface area contributed by atoms with Crippen molar-refractivity contribution in [1.29, 1.82) is 0 Å². The van der Waals surface area contributed by atoms with Crippen LogP contribution in [0.2, 0.25) is 0 Å². The minimum absolute atomic E-state index is 0.359. The maximum atomic E-state index is 5.74. The molecule has 0 aromatic carbocycles. The van der Waals surface area contributed by atoms with Crippen LogP contribution in [0.25, 0.3) is 0 Å². The van der Waals surface area contributed by atoms with Gasteiger partial charge in [0, 0.05) is 11.3 Å². The fourth-order valence-electron chi connectivity index (χ4n) is 2.09. The van der Waals surface area contributed by atoms with Crippen LogP contribution in [0.3, 0.4) is 0 Å². The number of hydrogen-bond acceptors (Lipinski definition) is 2. The highest BCUT2D eigenvalue weighted by molar-refractivity contribution is 8.00. The maximum absolute atomic E-state index is 5.74. The second-order valence-corrected chi connectivity index (χ2v) is 5.45. The zero-order valence-corrected chi connectivity index (χ0v) is 10.7. The van der Waals surface area contributed by atoms with Crippen molar-refractivity contribution in [2.75, 3.05) is 19.3 Å². The Kier molecular flexibility index (Phi) is 5.29. The number of aliphatic imine (C=N–C) groups is 1. The normalized spacial score (nSPS) is 21.3. The Morgan fingerprint density at radius 3 is 2.60 bits per heavy atom. The smallest absolute Gasteiger partial charge is 0.188 e. The van der Waals surface area contributed by atoms with Gasteiger partial charge in [0.15, 0.2) is 5.96 Å². The fourth-order valence-corrected chi connectivity index (χ4v) is 2.98. The quantitative estimate of drug-likeness (QED) is 0.572. The fraction of sp³-hybridized carbons (Fsp3) is 0.909. The third kappa shape index (κ3) is 3.93. The summed E-state index contributed by atoms with van der Waals surface area (Å²) in [5, 5.41) is 3.04. The molecule has 88 valence electrons. The molecule has 1 saturated carbocycles. The summed E-state index contributed by atoms with van der Waals surface area (Å²) in [6, 6.07) is 0. The lowest BCUT2D eigenvalue weighted by Crippen LogP contribution is -2.36. The number of nitrogens with two attached hydrogens (primary N) is 1. The Morgan fingerprint density at radius 2 is 2.07 bits per heavy atom. The van der Waals surface area contributed by atoms with Crippen molar-refractivity contribution >= 4 is 17.7 Å². The van der Waals surface area contributed by atoms with Crippen molar-refractivity contribution in [3.05, 3.63) is 0 Å². The maximum Gasteiger partial charge on any atom is 0.188 e. The average Bonchev–Trinajstić information content (AvgIpc) is 2.28. The number of hydrogen-bond donors (Lipinski definition) is 2.